The molecule has 0 saturated carbocycles. The van der Waals surface area contributed by atoms with Gasteiger partial charge in [-0.25, -0.2) is 9.38 Å². The molecule has 0 fully saturated rings. The Hall–Kier alpha value is -2.54. The number of rotatable bonds is 8. The molecule has 0 atom stereocenters. The quantitative estimate of drug-likeness (QED) is 0.176. The van der Waals surface area contributed by atoms with Crippen molar-refractivity contribution < 1.29 is 18.7 Å². The maximum absolute atomic E-state index is 13.2. The summed E-state index contributed by atoms with van der Waals surface area (Å²) in [5.74, 6) is -0.0754. The highest BCUT2D eigenvalue weighted by molar-refractivity contribution is 9.10. The number of nitrogens with one attached hydrogen (secondary N) is 1. The molecule has 0 saturated heterocycles. The lowest BCUT2D eigenvalue weighted by molar-refractivity contribution is -0.140. The van der Waals surface area contributed by atoms with E-state index in [9.17, 15) is 14.0 Å². The topological polar surface area (TPSA) is 67.8 Å². The van der Waals surface area contributed by atoms with Crippen molar-refractivity contribution in [2.75, 3.05) is 7.11 Å². The van der Waals surface area contributed by atoms with E-state index in [-0.39, 0.29) is 11.8 Å². The van der Waals surface area contributed by atoms with Crippen LogP contribution in [0.25, 0.3) is 11.1 Å². The Labute approximate surface area is 179 Å². The van der Waals surface area contributed by atoms with Crippen LogP contribution in [0.3, 0.4) is 0 Å². The maximum Gasteiger partial charge on any atom is 0.305 e. The van der Waals surface area contributed by atoms with E-state index in [4.69, 9.17) is 0 Å². The van der Waals surface area contributed by atoms with Crippen LogP contribution in [0.4, 0.5) is 10.1 Å². The molecular weight excluding hydrogens is 439 g/mol. The molecule has 5 nitrogen and oxygen atoms in total. The van der Waals surface area contributed by atoms with Crippen molar-refractivity contribution in [3.63, 3.8) is 0 Å². The SMILES string of the molecule is CC.COC(=O)CCCCC(=Nc1cc(Br)ccc1-c1ccc(F)cc1)NC=O. The fraction of sp³-hybridized carbons (Fsp3) is 0.318. The van der Waals surface area contributed by atoms with Gasteiger partial charge in [-0.15, -0.1) is 0 Å². The van der Waals surface area contributed by atoms with Crippen molar-refractivity contribution in [3.8, 4) is 11.1 Å². The molecule has 0 aromatic heterocycles. The summed E-state index contributed by atoms with van der Waals surface area (Å²) in [6.45, 7) is 4.00. The second kappa shape index (κ2) is 13.6. The van der Waals surface area contributed by atoms with Gasteiger partial charge < -0.3 is 10.1 Å². The third kappa shape index (κ3) is 8.56. The highest BCUT2D eigenvalue weighted by atomic mass is 79.9. The summed E-state index contributed by atoms with van der Waals surface area (Å²) in [6, 6.07) is 11.7. The minimum absolute atomic E-state index is 0.262. The van der Waals surface area contributed by atoms with Gasteiger partial charge in [-0.3, -0.25) is 9.59 Å². The van der Waals surface area contributed by atoms with Gasteiger partial charge in [0, 0.05) is 22.9 Å². The first-order chi connectivity index (χ1) is 14.0. The van der Waals surface area contributed by atoms with Gasteiger partial charge in [0.2, 0.25) is 6.41 Å². The standard InChI is InChI=1S/C20H20BrFN2O3.C2H6/c1-27-20(26)5-3-2-4-19(23-13-25)24-18-12-15(21)8-11-17(18)14-6-9-16(22)10-7-14;1-2/h6-13H,2-5H2,1H3,(H,23,24,25);1-2H3. The van der Waals surface area contributed by atoms with E-state index in [1.54, 1.807) is 12.1 Å². The van der Waals surface area contributed by atoms with Crippen LogP contribution in [-0.2, 0) is 14.3 Å². The Bertz CT molecular complexity index is 823. The van der Waals surface area contributed by atoms with Gasteiger partial charge in [-0.1, -0.05) is 48.0 Å². The number of unbranched alkanes of at least 4 members (excludes halogenated alkanes) is 1. The first-order valence-electron chi connectivity index (χ1n) is 9.43. The summed E-state index contributed by atoms with van der Waals surface area (Å²) in [7, 11) is 1.35. The van der Waals surface area contributed by atoms with E-state index < -0.39 is 0 Å². The van der Waals surface area contributed by atoms with Crippen LogP contribution in [0.15, 0.2) is 51.9 Å². The summed E-state index contributed by atoms with van der Waals surface area (Å²) in [4.78, 5) is 26.7. The van der Waals surface area contributed by atoms with E-state index in [1.807, 2.05) is 32.0 Å². The molecule has 0 radical (unpaired) electrons. The first kappa shape index (κ1) is 24.5. The number of methoxy groups -OCH3 is 1. The van der Waals surface area contributed by atoms with Gasteiger partial charge in [0.05, 0.1) is 12.8 Å². The number of aliphatic imine (C=N–C) groups is 1. The number of carbonyl (C=O) groups is 2. The Balaban J connectivity index is 0.00000204. The molecule has 2 rings (SSSR count). The number of hydrogen-bond donors (Lipinski definition) is 1. The Morgan fingerprint density at radius 2 is 1.79 bits per heavy atom. The lowest BCUT2D eigenvalue weighted by Crippen LogP contribution is -2.21. The molecule has 156 valence electrons. The zero-order chi connectivity index (χ0) is 21.6. The van der Waals surface area contributed by atoms with Crippen LogP contribution in [-0.4, -0.2) is 25.3 Å². The third-order valence-corrected chi connectivity index (χ3v) is 4.36. The highest BCUT2D eigenvalue weighted by Crippen LogP contribution is 2.33. The Kier molecular flexibility index (Phi) is 11.5. The van der Waals surface area contributed by atoms with Gasteiger partial charge in [0.25, 0.3) is 0 Å². The van der Waals surface area contributed by atoms with Gasteiger partial charge in [0.15, 0.2) is 0 Å². The van der Waals surface area contributed by atoms with E-state index in [2.05, 4.69) is 31.0 Å². The molecule has 0 spiro atoms. The van der Waals surface area contributed by atoms with Crippen molar-refractivity contribution in [1.29, 1.82) is 0 Å². The van der Waals surface area contributed by atoms with E-state index in [0.717, 1.165) is 15.6 Å². The lowest BCUT2D eigenvalue weighted by atomic mass is 10.0. The zero-order valence-electron chi connectivity index (χ0n) is 16.9. The van der Waals surface area contributed by atoms with Gasteiger partial charge in [0.1, 0.15) is 11.7 Å². The first-order valence-corrected chi connectivity index (χ1v) is 10.2. The number of halogens is 2. The summed E-state index contributed by atoms with van der Waals surface area (Å²) in [6.07, 6.45) is 2.71. The predicted molar refractivity (Wildman–Crippen MR) is 118 cm³/mol. The molecule has 0 aliphatic heterocycles. The van der Waals surface area contributed by atoms with Crippen molar-refractivity contribution >= 4 is 39.8 Å². The van der Waals surface area contributed by atoms with Gasteiger partial charge in [-0.05, 0) is 42.7 Å². The largest absolute Gasteiger partial charge is 0.469 e. The normalized spacial score (nSPS) is 10.6. The lowest BCUT2D eigenvalue weighted by Gasteiger charge is -2.10. The summed E-state index contributed by atoms with van der Waals surface area (Å²) in [5.41, 5.74) is 2.28. The maximum atomic E-state index is 13.2. The number of nitrogens with zero attached hydrogens (tertiary/aromatic N) is 1. The Morgan fingerprint density at radius 1 is 1.14 bits per heavy atom. The van der Waals surface area contributed by atoms with E-state index >= 15 is 0 Å². The van der Waals surface area contributed by atoms with Crippen molar-refractivity contribution in [2.45, 2.75) is 39.5 Å². The number of hydrogen-bond acceptors (Lipinski definition) is 4. The van der Waals surface area contributed by atoms with Crippen LogP contribution >= 0.6 is 15.9 Å². The minimum Gasteiger partial charge on any atom is -0.469 e. The van der Waals surface area contributed by atoms with Crippen molar-refractivity contribution in [1.82, 2.24) is 5.32 Å². The smallest absolute Gasteiger partial charge is 0.305 e. The average Bonchev–Trinajstić information content (AvgIpc) is 2.73. The number of carbonyl (C=O) groups excluding carboxylic acids is 2. The van der Waals surface area contributed by atoms with Crippen LogP contribution in [0.5, 0.6) is 0 Å². The summed E-state index contributed by atoms with van der Waals surface area (Å²) >= 11 is 3.43. The fourth-order valence-corrected chi connectivity index (χ4v) is 2.86. The van der Waals surface area contributed by atoms with Gasteiger partial charge >= 0.3 is 5.97 Å². The number of benzene rings is 2. The molecule has 0 bridgehead atoms. The fourth-order valence-electron chi connectivity index (χ4n) is 2.51. The Morgan fingerprint density at radius 3 is 2.41 bits per heavy atom. The summed E-state index contributed by atoms with van der Waals surface area (Å²) < 4.78 is 18.7. The molecule has 0 unspecified atom stereocenters. The second-order valence-electron chi connectivity index (χ2n) is 5.77. The molecule has 0 aliphatic rings. The third-order valence-electron chi connectivity index (χ3n) is 3.87. The molecule has 2 aromatic carbocycles. The van der Waals surface area contributed by atoms with Crippen LogP contribution in [0.2, 0.25) is 0 Å². The molecule has 0 aliphatic carbocycles. The number of amides is 1. The van der Waals surface area contributed by atoms with Gasteiger partial charge in [-0.2, -0.15) is 0 Å². The molecular formula is C22H26BrFN2O3. The van der Waals surface area contributed by atoms with Crippen molar-refractivity contribution in [3.05, 3.63) is 52.8 Å². The van der Waals surface area contributed by atoms with Crippen LogP contribution in [0, 0.1) is 5.82 Å². The van der Waals surface area contributed by atoms with Crippen molar-refractivity contribution in [2.24, 2.45) is 4.99 Å². The van der Waals surface area contributed by atoms with Crippen LogP contribution in [0.1, 0.15) is 39.5 Å². The highest BCUT2D eigenvalue weighted by Gasteiger charge is 2.08. The van der Waals surface area contributed by atoms with E-state index in [1.165, 1.54) is 19.2 Å². The summed E-state index contributed by atoms with van der Waals surface area (Å²) in [5, 5.41) is 2.62. The molecule has 29 heavy (non-hydrogen) atoms. The van der Waals surface area contributed by atoms with Crippen LogP contribution < -0.4 is 5.32 Å². The minimum atomic E-state index is -0.310. The zero-order valence-corrected chi connectivity index (χ0v) is 18.5. The molecule has 2 aromatic rings. The number of amidine groups is 1. The number of ether oxygens (including phenoxy) is 1. The number of esters is 1. The predicted octanol–water partition coefficient (Wildman–Crippen LogP) is 5.79. The second-order valence-corrected chi connectivity index (χ2v) is 6.69. The van der Waals surface area contributed by atoms with E-state index in [0.29, 0.717) is 43.6 Å². The molecule has 1 amide bonds. The monoisotopic (exact) mass is 464 g/mol. The average molecular weight is 465 g/mol. The molecule has 7 heteroatoms. The molecule has 1 N–H and O–H groups in total. The molecule has 0 heterocycles.